The fourth-order valence-corrected chi connectivity index (χ4v) is 1.37. The molecule has 0 bridgehead atoms. The maximum Gasteiger partial charge on any atom is 0.141 e. The molecule has 1 aromatic carbocycles. The Labute approximate surface area is 81.8 Å². The SMILES string of the molecule is C#N.Fc1ccc(C2CC2)cc1Cl. The molecule has 0 unspecified atom stereocenters. The molecule has 1 saturated carbocycles. The minimum Gasteiger partial charge on any atom is -0.205 e. The van der Waals surface area contributed by atoms with E-state index in [1.54, 1.807) is 6.07 Å². The number of hydrogen-bond donors (Lipinski definition) is 0. The molecule has 0 atom stereocenters. The van der Waals surface area contributed by atoms with E-state index in [2.05, 4.69) is 6.57 Å². The highest BCUT2D eigenvalue weighted by Crippen LogP contribution is 2.40. The number of hydrogen-bond acceptors (Lipinski definition) is 1. The van der Waals surface area contributed by atoms with Crippen molar-refractivity contribution in [1.82, 2.24) is 0 Å². The van der Waals surface area contributed by atoms with Gasteiger partial charge < -0.3 is 0 Å². The number of nitriles is 1. The van der Waals surface area contributed by atoms with Gasteiger partial charge in [-0.05, 0) is 36.5 Å². The number of rotatable bonds is 1. The lowest BCUT2D eigenvalue weighted by atomic mass is 10.1. The first-order valence-electron chi connectivity index (χ1n) is 3.98. The molecular formula is C10H9ClFN. The number of nitrogens with zero attached hydrogens (tertiary/aromatic N) is 1. The number of halogens is 2. The van der Waals surface area contributed by atoms with Crippen LogP contribution in [0.1, 0.15) is 24.3 Å². The maximum atomic E-state index is 12.7. The minimum absolute atomic E-state index is 0.245. The van der Waals surface area contributed by atoms with E-state index in [0.717, 1.165) is 0 Å². The van der Waals surface area contributed by atoms with Crippen molar-refractivity contribution in [3.05, 3.63) is 34.6 Å². The average molecular weight is 198 g/mol. The van der Waals surface area contributed by atoms with Gasteiger partial charge in [0.25, 0.3) is 0 Å². The molecular weight excluding hydrogens is 189 g/mol. The van der Waals surface area contributed by atoms with Crippen molar-refractivity contribution in [1.29, 1.82) is 5.26 Å². The van der Waals surface area contributed by atoms with E-state index in [1.165, 1.54) is 24.5 Å². The molecule has 1 nitrogen and oxygen atoms in total. The van der Waals surface area contributed by atoms with Crippen molar-refractivity contribution in [3.8, 4) is 6.57 Å². The van der Waals surface area contributed by atoms with Crippen molar-refractivity contribution < 1.29 is 4.39 Å². The third-order valence-electron chi connectivity index (χ3n) is 1.99. The van der Waals surface area contributed by atoms with E-state index in [9.17, 15) is 4.39 Å². The molecule has 0 radical (unpaired) electrons. The zero-order chi connectivity index (χ0) is 9.84. The summed E-state index contributed by atoms with van der Waals surface area (Å²) >= 11 is 5.61. The molecule has 2 rings (SSSR count). The molecule has 1 aromatic rings. The molecule has 0 aliphatic heterocycles. The molecule has 1 fully saturated rings. The van der Waals surface area contributed by atoms with E-state index in [0.29, 0.717) is 5.92 Å². The Kier molecular flexibility index (Phi) is 3.27. The van der Waals surface area contributed by atoms with Crippen molar-refractivity contribution in [2.45, 2.75) is 18.8 Å². The van der Waals surface area contributed by atoms with Crippen LogP contribution >= 0.6 is 11.6 Å². The van der Waals surface area contributed by atoms with Crippen LogP contribution in [-0.4, -0.2) is 0 Å². The molecule has 3 heteroatoms. The lowest BCUT2D eigenvalue weighted by Gasteiger charge is -1.98. The average Bonchev–Trinajstić information content (AvgIpc) is 2.96. The summed E-state index contributed by atoms with van der Waals surface area (Å²) in [5.41, 5.74) is 1.18. The van der Waals surface area contributed by atoms with Gasteiger partial charge in [0.05, 0.1) is 5.02 Å². The molecule has 0 heterocycles. The normalized spacial score (nSPS) is 14.5. The van der Waals surface area contributed by atoms with E-state index in [4.69, 9.17) is 16.9 Å². The van der Waals surface area contributed by atoms with E-state index in [-0.39, 0.29) is 10.8 Å². The molecule has 68 valence electrons. The van der Waals surface area contributed by atoms with Gasteiger partial charge in [-0.25, -0.2) is 9.65 Å². The van der Waals surface area contributed by atoms with E-state index < -0.39 is 0 Å². The zero-order valence-corrected chi connectivity index (χ0v) is 7.76. The topological polar surface area (TPSA) is 23.8 Å². The Morgan fingerprint density at radius 2 is 2.00 bits per heavy atom. The predicted molar refractivity (Wildman–Crippen MR) is 50.1 cm³/mol. The van der Waals surface area contributed by atoms with Crippen LogP contribution in [0.2, 0.25) is 5.02 Å². The first kappa shape index (κ1) is 10.0. The van der Waals surface area contributed by atoms with E-state index >= 15 is 0 Å². The molecule has 0 spiro atoms. The lowest BCUT2D eigenvalue weighted by molar-refractivity contribution is 0.627. The first-order valence-corrected chi connectivity index (χ1v) is 4.36. The van der Waals surface area contributed by atoms with Gasteiger partial charge in [0, 0.05) is 6.57 Å². The Bertz CT molecular complexity index is 318. The Balaban J connectivity index is 0.000000396. The summed E-state index contributed by atoms with van der Waals surface area (Å²) in [6, 6.07) is 4.99. The van der Waals surface area contributed by atoms with Gasteiger partial charge in [-0.3, -0.25) is 0 Å². The van der Waals surface area contributed by atoms with Crippen LogP contribution in [0.25, 0.3) is 0 Å². The number of benzene rings is 1. The van der Waals surface area contributed by atoms with Crippen LogP contribution < -0.4 is 0 Å². The molecule has 1 aliphatic rings. The van der Waals surface area contributed by atoms with Gasteiger partial charge in [0.1, 0.15) is 5.82 Å². The zero-order valence-electron chi connectivity index (χ0n) is 7.00. The van der Waals surface area contributed by atoms with Gasteiger partial charge in [-0.1, -0.05) is 17.7 Å². The van der Waals surface area contributed by atoms with Crippen LogP contribution in [0, 0.1) is 17.7 Å². The maximum absolute atomic E-state index is 12.7. The highest BCUT2D eigenvalue weighted by Gasteiger charge is 2.23. The molecule has 0 aromatic heterocycles. The summed E-state index contributed by atoms with van der Waals surface area (Å²) in [6.07, 6.45) is 2.45. The quantitative estimate of drug-likeness (QED) is 0.676. The summed E-state index contributed by atoms with van der Waals surface area (Å²) in [5.74, 6) is 0.323. The lowest BCUT2D eigenvalue weighted by Crippen LogP contribution is -1.81. The molecule has 13 heavy (non-hydrogen) atoms. The third kappa shape index (κ3) is 2.43. The van der Waals surface area contributed by atoms with Gasteiger partial charge in [0.15, 0.2) is 0 Å². The first-order chi connectivity index (χ1) is 6.27. The summed E-state index contributed by atoms with van der Waals surface area (Å²) in [6.45, 7) is 3.50. The van der Waals surface area contributed by atoms with Crippen molar-refractivity contribution in [2.75, 3.05) is 0 Å². The fraction of sp³-hybridized carbons (Fsp3) is 0.300. The van der Waals surface area contributed by atoms with Gasteiger partial charge in [-0.15, -0.1) is 0 Å². The monoisotopic (exact) mass is 197 g/mol. The van der Waals surface area contributed by atoms with Crippen LogP contribution in [-0.2, 0) is 0 Å². The molecule has 0 amide bonds. The van der Waals surface area contributed by atoms with Gasteiger partial charge in [-0.2, -0.15) is 0 Å². The predicted octanol–water partition coefficient (Wildman–Crippen LogP) is 3.50. The highest BCUT2D eigenvalue weighted by molar-refractivity contribution is 6.30. The summed E-state index contributed by atoms with van der Waals surface area (Å²) in [7, 11) is 0. The Morgan fingerprint density at radius 3 is 2.46 bits per heavy atom. The minimum atomic E-state index is -0.323. The van der Waals surface area contributed by atoms with Crippen molar-refractivity contribution >= 4 is 11.6 Å². The van der Waals surface area contributed by atoms with Gasteiger partial charge >= 0.3 is 0 Å². The van der Waals surface area contributed by atoms with Crippen molar-refractivity contribution in [2.24, 2.45) is 0 Å². The summed E-state index contributed by atoms with van der Waals surface area (Å²) < 4.78 is 12.7. The Hall–Kier alpha value is -1.07. The summed E-state index contributed by atoms with van der Waals surface area (Å²) in [5, 5.41) is 6.74. The van der Waals surface area contributed by atoms with E-state index in [1.807, 2.05) is 6.07 Å². The molecule has 0 N–H and O–H groups in total. The van der Waals surface area contributed by atoms with Crippen LogP contribution in [0.4, 0.5) is 4.39 Å². The van der Waals surface area contributed by atoms with Crippen molar-refractivity contribution in [3.63, 3.8) is 0 Å². The van der Waals surface area contributed by atoms with Crippen LogP contribution in [0.3, 0.4) is 0 Å². The second kappa shape index (κ2) is 4.25. The Morgan fingerprint density at radius 1 is 1.38 bits per heavy atom. The van der Waals surface area contributed by atoms with Crippen LogP contribution in [0.5, 0.6) is 0 Å². The smallest absolute Gasteiger partial charge is 0.141 e. The standard InChI is InChI=1S/C9H8ClF.CHN/c10-8-5-7(6-1-2-6)3-4-9(8)11;1-2/h3-6H,1-2H2;1H. The van der Waals surface area contributed by atoms with Gasteiger partial charge in [0.2, 0.25) is 0 Å². The highest BCUT2D eigenvalue weighted by atomic mass is 35.5. The molecule has 1 aliphatic carbocycles. The second-order valence-corrected chi connectivity index (χ2v) is 3.36. The third-order valence-corrected chi connectivity index (χ3v) is 2.28. The largest absolute Gasteiger partial charge is 0.205 e. The van der Waals surface area contributed by atoms with Crippen LogP contribution in [0.15, 0.2) is 18.2 Å². The molecule has 0 saturated heterocycles. The summed E-state index contributed by atoms with van der Waals surface area (Å²) in [4.78, 5) is 0. The fourth-order valence-electron chi connectivity index (χ4n) is 1.18. The second-order valence-electron chi connectivity index (χ2n) is 2.95.